The summed E-state index contributed by atoms with van der Waals surface area (Å²) in [7, 11) is 1.49. The van der Waals surface area contributed by atoms with Gasteiger partial charge in [-0.25, -0.2) is 0 Å². The molecule has 0 spiro atoms. The van der Waals surface area contributed by atoms with E-state index in [0.717, 1.165) is 0 Å². The predicted octanol–water partition coefficient (Wildman–Crippen LogP) is 2.00. The lowest BCUT2D eigenvalue weighted by molar-refractivity contribution is -0.385. The molecule has 1 unspecified atom stereocenters. The van der Waals surface area contributed by atoms with Crippen LogP contribution in [0.4, 0.5) is 5.69 Å². The Bertz CT molecular complexity index is 842. The van der Waals surface area contributed by atoms with Gasteiger partial charge < -0.3 is 14.4 Å². The molecule has 26 heavy (non-hydrogen) atoms. The molecule has 0 radical (unpaired) electrons. The standard InChI is InChI=1S/C17H18N4O5/c1-11-3-4-12(7-14(11)21(23)24)17(22)20-6-5-13(10-20)26-16-9-18-8-15(19-16)25-2/h3-4,7-9,13H,5-6,10H2,1-2H3. The molecule has 1 amide bonds. The average Bonchev–Trinajstić information content (AvgIpc) is 3.10. The number of nitro benzene ring substituents is 1. The van der Waals surface area contributed by atoms with Gasteiger partial charge in [0.1, 0.15) is 6.10 Å². The van der Waals surface area contributed by atoms with Gasteiger partial charge in [-0.1, -0.05) is 6.07 Å². The molecule has 0 bridgehead atoms. The Morgan fingerprint density at radius 1 is 1.35 bits per heavy atom. The monoisotopic (exact) mass is 358 g/mol. The van der Waals surface area contributed by atoms with Crippen LogP contribution in [0, 0.1) is 17.0 Å². The second-order valence-corrected chi connectivity index (χ2v) is 5.94. The smallest absolute Gasteiger partial charge is 0.273 e. The van der Waals surface area contributed by atoms with Crippen molar-refractivity contribution in [3.05, 3.63) is 51.8 Å². The minimum Gasteiger partial charge on any atom is -0.480 e. The van der Waals surface area contributed by atoms with Gasteiger partial charge in [0.05, 0.1) is 31.0 Å². The molecule has 2 aromatic rings. The molecular formula is C17H18N4O5. The van der Waals surface area contributed by atoms with Crippen LogP contribution in [0.3, 0.4) is 0 Å². The Balaban J connectivity index is 1.67. The fourth-order valence-corrected chi connectivity index (χ4v) is 2.79. The third kappa shape index (κ3) is 3.71. The third-order valence-electron chi connectivity index (χ3n) is 4.17. The van der Waals surface area contributed by atoms with E-state index in [2.05, 4.69) is 9.97 Å². The van der Waals surface area contributed by atoms with Gasteiger partial charge in [-0.15, -0.1) is 0 Å². The molecule has 1 aliphatic heterocycles. The highest BCUT2D eigenvalue weighted by Crippen LogP contribution is 2.23. The van der Waals surface area contributed by atoms with E-state index < -0.39 is 4.92 Å². The molecule has 9 nitrogen and oxygen atoms in total. The summed E-state index contributed by atoms with van der Waals surface area (Å²) in [5.74, 6) is 0.422. The number of nitrogens with zero attached hydrogens (tertiary/aromatic N) is 4. The van der Waals surface area contributed by atoms with E-state index in [-0.39, 0.29) is 17.7 Å². The molecule has 0 N–H and O–H groups in total. The zero-order valence-corrected chi connectivity index (χ0v) is 14.4. The van der Waals surface area contributed by atoms with E-state index in [9.17, 15) is 14.9 Å². The first-order valence-electron chi connectivity index (χ1n) is 8.05. The number of nitro groups is 1. The van der Waals surface area contributed by atoms with Crippen LogP contribution in [0.5, 0.6) is 11.8 Å². The normalized spacial score (nSPS) is 16.4. The van der Waals surface area contributed by atoms with Crippen molar-refractivity contribution < 1.29 is 19.2 Å². The van der Waals surface area contributed by atoms with E-state index in [1.165, 1.54) is 25.6 Å². The summed E-state index contributed by atoms with van der Waals surface area (Å²) < 4.78 is 10.8. The molecule has 136 valence electrons. The Labute approximate surface area is 149 Å². The number of amides is 1. The van der Waals surface area contributed by atoms with Crippen LogP contribution in [0.15, 0.2) is 30.6 Å². The molecule has 3 rings (SSSR count). The van der Waals surface area contributed by atoms with Gasteiger partial charge >= 0.3 is 0 Å². The topological polar surface area (TPSA) is 108 Å². The molecule has 1 fully saturated rings. The lowest BCUT2D eigenvalue weighted by Gasteiger charge is -2.17. The number of benzene rings is 1. The summed E-state index contributed by atoms with van der Waals surface area (Å²) in [5, 5.41) is 11.1. The first kappa shape index (κ1) is 17.6. The van der Waals surface area contributed by atoms with Crippen LogP contribution < -0.4 is 9.47 Å². The molecule has 1 saturated heterocycles. The van der Waals surface area contributed by atoms with E-state index in [1.54, 1.807) is 24.0 Å². The highest BCUT2D eigenvalue weighted by molar-refractivity contribution is 5.95. The van der Waals surface area contributed by atoms with E-state index >= 15 is 0 Å². The number of aryl methyl sites for hydroxylation is 1. The van der Waals surface area contributed by atoms with Crippen molar-refractivity contribution in [2.45, 2.75) is 19.4 Å². The molecule has 1 aromatic carbocycles. The Kier molecular flexibility index (Phi) is 4.97. The van der Waals surface area contributed by atoms with Gasteiger partial charge in [-0.2, -0.15) is 4.98 Å². The zero-order chi connectivity index (χ0) is 18.7. The highest BCUT2D eigenvalue weighted by Gasteiger charge is 2.29. The van der Waals surface area contributed by atoms with Crippen molar-refractivity contribution in [3.63, 3.8) is 0 Å². The van der Waals surface area contributed by atoms with E-state index in [4.69, 9.17) is 9.47 Å². The number of ether oxygens (including phenoxy) is 2. The molecular weight excluding hydrogens is 340 g/mol. The number of hydrogen-bond donors (Lipinski definition) is 0. The fraction of sp³-hybridized carbons (Fsp3) is 0.353. The quantitative estimate of drug-likeness (QED) is 0.594. The molecule has 1 atom stereocenters. The van der Waals surface area contributed by atoms with Gasteiger partial charge in [0.25, 0.3) is 11.6 Å². The summed E-state index contributed by atoms with van der Waals surface area (Å²) >= 11 is 0. The Morgan fingerprint density at radius 2 is 2.12 bits per heavy atom. The number of carbonyl (C=O) groups is 1. The van der Waals surface area contributed by atoms with Crippen LogP contribution in [0.1, 0.15) is 22.3 Å². The first-order valence-corrected chi connectivity index (χ1v) is 8.05. The second-order valence-electron chi connectivity index (χ2n) is 5.94. The summed E-state index contributed by atoms with van der Waals surface area (Å²) in [6.07, 6.45) is 3.37. The second kappa shape index (κ2) is 7.34. The lowest BCUT2D eigenvalue weighted by atomic mass is 10.1. The Morgan fingerprint density at radius 3 is 2.85 bits per heavy atom. The summed E-state index contributed by atoms with van der Waals surface area (Å²) in [4.78, 5) is 32.9. The zero-order valence-electron chi connectivity index (χ0n) is 14.4. The first-order chi connectivity index (χ1) is 12.5. The number of hydrogen-bond acceptors (Lipinski definition) is 7. The van der Waals surface area contributed by atoms with Crippen LogP contribution in [0.2, 0.25) is 0 Å². The van der Waals surface area contributed by atoms with Crippen LogP contribution in [0.25, 0.3) is 0 Å². The number of carbonyl (C=O) groups excluding carboxylic acids is 1. The minimum absolute atomic E-state index is 0.0606. The van der Waals surface area contributed by atoms with Gasteiger partial charge in [0, 0.05) is 30.2 Å². The van der Waals surface area contributed by atoms with E-state index in [1.807, 2.05) is 0 Å². The van der Waals surface area contributed by atoms with Crippen LogP contribution >= 0.6 is 0 Å². The van der Waals surface area contributed by atoms with Crippen molar-refractivity contribution in [2.24, 2.45) is 0 Å². The SMILES string of the molecule is COc1cncc(OC2CCN(C(=O)c3ccc(C)c([N+](=O)[O-])c3)C2)n1. The number of rotatable bonds is 5. The third-order valence-corrected chi connectivity index (χ3v) is 4.17. The number of likely N-dealkylation sites (tertiary alicyclic amines) is 1. The van der Waals surface area contributed by atoms with Crippen molar-refractivity contribution >= 4 is 11.6 Å². The van der Waals surface area contributed by atoms with Crippen molar-refractivity contribution in [2.75, 3.05) is 20.2 Å². The van der Waals surface area contributed by atoms with Crippen LogP contribution in [-0.2, 0) is 0 Å². The number of aromatic nitrogens is 2. The predicted molar refractivity (Wildman–Crippen MR) is 91.4 cm³/mol. The summed E-state index contributed by atoms with van der Waals surface area (Å²) in [6, 6.07) is 4.51. The van der Waals surface area contributed by atoms with Crippen molar-refractivity contribution in [1.29, 1.82) is 0 Å². The summed E-state index contributed by atoms with van der Waals surface area (Å²) in [5.41, 5.74) is 0.754. The molecule has 0 aliphatic carbocycles. The maximum atomic E-state index is 12.6. The molecule has 1 aliphatic rings. The fourth-order valence-electron chi connectivity index (χ4n) is 2.79. The molecule has 9 heteroatoms. The van der Waals surface area contributed by atoms with Crippen molar-refractivity contribution in [3.8, 4) is 11.8 Å². The number of methoxy groups -OCH3 is 1. The van der Waals surface area contributed by atoms with Gasteiger partial charge in [-0.05, 0) is 13.0 Å². The van der Waals surface area contributed by atoms with Gasteiger partial charge in [0.2, 0.25) is 11.8 Å². The summed E-state index contributed by atoms with van der Waals surface area (Å²) in [6.45, 7) is 2.52. The van der Waals surface area contributed by atoms with Gasteiger partial charge in [0.15, 0.2) is 0 Å². The molecule has 2 heterocycles. The molecule has 0 saturated carbocycles. The van der Waals surface area contributed by atoms with E-state index in [0.29, 0.717) is 42.4 Å². The van der Waals surface area contributed by atoms with Crippen molar-refractivity contribution in [1.82, 2.24) is 14.9 Å². The maximum Gasteiger partial charge on any atom is 0.273 e. The minimum atomic E-state index is -0.483. The Hall–Kier alpha value is -3.23. The highest BCUT2D eigenvalue weighted by atomic mass is 16.6. The largest absolute Gasteiger partial charge is 0.480 e. The average molecular weight is 358 g/mol. The maximum absolute atomic E-state index is 12.6. The van der Waals surface area contributed by atoms with Crippen LogP contribution in [-0.4, -0.2) is 52.0 Å². The lowest BCUT2D eigenvalue weighted by Crippen LogP contribution is -2.31. The molecule has 1 aromatic heterocycles. The van der Waals surface area contributed by atoms with Gasteiger partial charge in [-0.3, -0.25) is 19.9 Å².